The van der Waals surface area contributed by atoms with Crippen molar-refractivity contribution in [2.75, 3.05) is 20.7 Å². The van der Waals surface area contributed by atoms with Gasteiger partial charge in [0.05, 0.1) is 12.1 Å². The van der Waals surface area contributed by atoms with Crippen LogP contribution in [0.5, 0.6) is 5.75 Å². The van der Waals surface area contributed by atoms with Crippen LogP contribution in [0.4, 0.5) is 0 Å². The molecule has 0 heterocycles. The second kappa shape index (κ2) is 5.73. The van der Waals surface area contributed by atoms with Crippen LogP contribution in [0, 0.1) is 0 Å². The Kier molecular flexibility index (Phi) is 4.59. The second-order valence-electron chi connectivity index (χ2n) is 3.13. The number of halogens is 1. The summed E-state index contributed by atoms with van der Waals surface area (Å²) in [5.74, 6) is 0.663. The molecule has 0 amide bonds. The quantitative estimate of drug-likeness (QED) is 0.784. The lowest BCUT2D eigenvalue weighted by atomic mass is 10.1. The molecular weight excluding hydrogens is 214 g/mol. The number of ketones is 1. The Morgan fingerprint density at radius 3 is 2.80 bits per heavy atom. The highest BCUT2D eigenvalue weighted by Gasteiger charge is 2.08. The number of rotatable bonds is 5. The van der Waals surface area contributed by atoms with Gasteiger partial charge in [-0.1, -0.05) is 11.6 Å². The zero-order chi connectivity index (χ0) is 11.3. The van der Waals surface area contributed by atoms with Gasteiger partial charge >= 0.3 is 0 Å². The van der Waals surface area contributed by atoms with Crippen LogP contribution >= 0.6 is 11.6 Å². The standard InChI is InChI=1S/C11H14ClNO2/c1-13-6-5-10(14)8-3-4-11(15-2)9(12)7-8/h3-4,7,13H,5-6H2,1-2H3. The molecule has 1 rings (SSSR count). The van der Waals surface area contributed by atoms with E-state index >= 15 is 0 Å². The van der Waals surface area contributed by atoms with Gasteiger partial charge in [0.25, 0.3) is 0 Å². The molecule has 0 aliphatic carbocycles. The van der Waals surface area contributed by atoms with Crippen molar-refractivity contribution in [3.63, 3.8) is 0 Å². The Labute approximate surface area is 94.4 Å². The Morgan fingerprint density at radius 1 is 1.53 bits per heavy atom. The molecule has 0 fully saturated rings. The average Bonchev–Trinajstić information content (AvgIpc) is 2.25. The van der Waals surface area contributed by atoms with Crippen molar-refractivity contribution in [1.82, 2.24) is 5.32 Å². The number of benzene rings is 1. The molecule has 0 saturated heterocycles. The number of carbonyl (C=O) groups is 1. The SMILES string of the molecule is CNCCC(=O)c1ccc(OC)c(Cl)c1. The second-order valence-corrected chi connectivity index (χ2v) is 3.53. The van der Waals surface area contributed by atoms with E-state index in [1.807, 2.05) is 7.05 Å². The van der Waals surface area contributed by atoms with E-state index in [-0.39, 0.29) is 5.78 Å². The number of carbonyl (C=O) groups excluding carboxylic acids is 1. The fourth-order valence-corrected chi connectivity index (χ4v) is 1.48. The van der Waals surface area contributed by atoms with Crippen molar-refractivity contribution in [3.8, 4) is 5.75 Å². The largest absolute Gasteiger partial charge is 0.495 e. The van der Waals surface area contributed by atoms with Crippen LogP contribution in [0.1, 0.15) is 16.8 Å². The highest BCUT2D eigenvalue weighted by molar-refractivity contribution is 6.32. The highest BCUT2D eigenvalue weighted by atomic mass is 35.5. The van der Waals surface area contributed by atoms with E-state index in [1.165, 1.54) is 0 Å². The van der Waals surface area contributed by atoms with E-state index < -0.39 is 0 Å². The fourth-order valence-electron chi connectivity index (χ4n) is 1.22. The molecule has 1 aromatic rings. The van der Waals surface area contributed by atoms with E-state index in [0.717, 1.165) is 0 Å². The fraction of sp³-hybridized carbons (Fsp3) is 0.364. The number of hydrogen-bond acceptors (Lipinski definition) is 3. The summed E-state index contributed by atoms with van der Waals surface area (Å²) in [4.78, 5) is 11.6. The average molecular weight is 228 g/mol. The summed E-state index contributed by atoms with van der Waals surface area (Å²) in [6, 6.07) is 5.07. The van der Waals surface area contributed by atoms with Gasteiger partial charge in [0.15, 0.2) is 5.78 Å². The molecule has 0 aliphatic rings. The third kappa shape index (κ3) is 3.22. The molecule has 0 radical (unpaired) electrons. The third-order valence-corrected chi connectivity index (χ3v) is 2.37. The zero-order valence-corrected chi connectivity index (χ0v) is 9.60. The maximum Gasteiger partial charge on any atom is 0.164 e. The van der Waals surface area contributed by atoms with Gasteiger partial charge in [0, 0.05) is 18.5 Å². The zero-order valence-electron chi connectivity index (χ0n) is 8.84. The molecule has 1 N–H and O–H groups in total. The van der Waals surface area contributed by atoms with Crippen LogP contribution in [0.25, 0.3) is 0 Å². The van der Waals surface area contributed by atoms with Crippen LogP contribution in [0.3, 0.4) is 0 Å². The molecule has 0 saturated carbocycles. The van der Waals surface area contributed by atoms with Gasteiger partial charge in [0.2, 0.25) is 0 Å². The van der Waals surface area contributed by atoms with Gasteiger partial charge in [0.1, 0.15) is 5.75 Å². The maximum absolute atomic E-state index is 11.6. The molecule has 0 unspecified atom stereocenters. The highest BCUT2D eigenvalue weighted by Crippen LogP contribution is 2.25. The van der Waals surface area contributed by atoms with E-state index in [1.54, 1.807) is 25.3 Å². The Balaban J connectivity index is 2.78. The van der Waals surface area contributed by atoms with Gasteiger partial charge in [-0.3, -0.25) is 4.79 Å². The molecular formula is C11H14ClNO2. The van der Waals surface area contributed by atoms with E-state index in [2.05, 4.69) is 5.32 Å². The normalized spacial score (nSPS) is 10.1. The van der Waals surface area contributed by atoms with Gasteiger partial charge in [-0.15, -0.1) is 0 Å². The molecule has 1 aromatic carbocycles. The minimum atomic E-state index is 0.0777. The molecule has 0 spiro atoms. The number of ether oxygens (including phenoxy) is 1. The van der Waals surface area contributed by atoms with Crippen LogP contribution < -0.4 is 10.1 Å². The summed E-state index contributed by atoms with van der Waals surface area (Å²) in [5.41, 5.74) is 0.621. The summed E-state index contributed by atoms with van der Waals surface area (Å²) >= 11 is 5.91. The molecule has 0 aromatic heterocycles. The minimum Gasteiger partial charge on any atom is -0.495 e. The van der Waals surface area contributed by atoms with Gasteiger partial charge < -0.3 is 10.1 Å². The van der Waals surface area contributed by atoms with Gasteiger partial charge in [-0.2, -0.15) is 0 Å². The number of nitrogens with one attached hydrogen (secondary N) is 1. The summed E-state index contributed by atoms with van der Waals surface area (Å²) < 4.78 is 5.01. The van der Waals surface area contributed by atoms with E-state index in [4.69, 9.17) is 16.3 Å². The number of methoxy groups -OCH3 is 1. The first-order valence-corrected chi connectivity index (χ1v) is 5.08. The topological polar surface area (TPSA) is 38.3 Å². The Morgan fingerprint density at radius 2 is 2.27 bits per heavy atom. The van der Waals surface area contributed by atoms with Gasteiger partial charge in [-0.25, -0.2) is 0 Å². The van der Waals surface area contributed by atoms with Crippen molar-refractivity contribution >= 4 is 17.4 Å². The lowest BCUT2D eigenvalue weighted by molar-refractivity contribution is 0.0983. The molecule has 82 valence electrons. The first-order chi connectivity index (χ1) is 7.19. The van der Waals surface area contributed by atoms with E-state index in [0.29, 0.717) is 29.3 Å². The number of hydrogen-bond donors (Lipinski definition) is 1. The maximum atomic E-state index is 11.6. The summed E-state index contributed by atoms with van der Waals surface area (Å²) in [5, 5.41) is 3.39. The lowest BCUT2D eigenvalue weighted by Crippen LogP contribution is -2.13. The summed E-state index contributed by atoms with van der Waals surface area (Å²) in [6.07, 6.45) is 0.471. The van der Waals surface area contributed by atoms with Crippen molar-refractivity contribution in [3.05, 3.63) is 28.8 Å². The van der Waals surface area contributed by atoms with Crippen LogP contribution in [0.2, 0.25) is 5.02 Å². The monoisotopic (exact) mass is 227 g/mol. The molecule has 15 heavy (non-hydrogen) atoms. The van der Waals surface area contributed by atoms with Crippen molar-refractivity contribution in [1.29, 1.82) is 0 Å². The minimum absolute atomic E-state index is 0.0777. The predicted molar refractivity (Wildman–Crippen MR) is 60.9 cm³/mol. The smallest absolute Gasteiger partial charge is 0.164 e. The summed E-state index contributed by atoms with van der Waals surface area (Å²) in [6.45, 7) is 0.669. The first kappa shape index (κ1) is 12.0. The van der Waals surface area contributed by atoms with Crippen molar-refractivity contribution < 1.29 is 9.53 Å². The first-order valence-electron chi connectivity index (χ1n) is 4.70. The third-order valence-electron chi connectivity index (χ3n) is 2.08. The molecule has 3 nitrogen and oxygen atoms in total. The summed E-state index contributed by atoms with van der Waals surface area (Å²) in [7, 11) is 3.36. The molecule has 0 atom stereocenters. The predicted octanol–water partition coefficient (Wildman–Crippen LogP) is 2.14. The van der Waals surface area contributed by atoms with Crippen LogP contribution in [-0.4, -0.2) is 26.5 Å². The Bertz CT molecular complexity index is 352. The molecule has 0 aliphatic heterocycles. The van der Waals surface area contributed by atoms with Crippen LogP contribution in [-0.2, 0) is 0 Å². The van der Waals surface area contributed by atoms with Crippen LogP contribution in [0.15, 0.2) is 18.2 Å². The Hall–Kier alpha value is -1.06. The molecule has 0 bridgehead atoms. The van der Waals surface area contributed by atoms with Gasteiger partial charge in [-0.05, 0) is 25.2 Å². The van der Waals surface area contributed by atoms with Crippen molar-refractivity contribution in [2.45, 2.75) is 6.42 Å². The number of Topliss-reactive ketones (excluding diaryl/α,β-unsaturated/α-hetero) is 1. The lowest BCUT2D eigenvalue weighted by Gasteiger charge is -2.05. The molecule has 4 heteroatoms. The van der Waals surface area contributed by atoms with E-state index in [9.17, 15) is 4.79 Å². The van der Waals surface area contributed by atoms with Crippen molar-refractivity contribution in [2.24, 2.45) is 0 Å².